The highest BCUT2D eigenvalue weighted by Gasteiger charge is 2.07. The van der Waals surface area contributed by atoms with Crippen LogP contribution < -0.4 is 5.32 Å². The van der Waals surface area contributed by atoms with Gasteiger partial charge in [-0.1, -0.05) is 28.1 Å². The van der Waals surface area contributed by atoms with Crippen molar-refractivity contribution in [2.24, 2.45) is 0 Å². The van der Waals surface area contributed by atoms with Crippen LogP contribution in [0.5, 0.6) is 0 Å². The molecule has 0 aliphatic carbocycles. The number of hydrogen-bond donors (Lipinski definition) is 1. The quantitative estimate of drug-likeness (QED) is 0.732. The smallest absolute Gasteiger partial charge is 0.213 e. The van der Waals surface area contributed by atoms with E-state index in [2.05, 4.69) is 36.2 Å². The van der Waals surface area contributed by atoms with E-state index in [9.17, 15) is 4.39 Å². The van der Waals surface area contributed by atoms with E-state index in [-0.39, 0.29) is 0 Å². The lowest BCUT2D eigenvalue weighted by atomic mass is 10.2. The monoisotopic (exact) mass is 346 g/mol. The maximum absolute atomic E-state index is 13.3. The number of fused-ring (bicyclic) bond motifs is 1. The summed E-state index contributed by atoms with van der Waals surface area (Å²) in [6.07, 6.45) is 1.42. The van der Waals surface area contributed by atoms with Crippen molar-refractivity contribution in [3.63, 3.8) is 0 Å². The molecule has 3 aromatic rings. The number of aryl methyl sites for hydroxylation is 1. The Balaban J connectivity index is 1.94. The number of aromatic nitrogens is 3. The molecule has 0 unspecified atom stereocenters. The Bertz CT molecular complexity index is 807. The summed E-state index contributed by atoms with van der Waals surface area (Å²) < 4.78 is 14.3. The second kappa shape index (κ2) is 5.73. The molecule has 0 spiro atoms. The standard InChI is InChI=1S/C15H12BrFN4/c1-9-20-13-8-18-14(17)6-12(13)15(21-9)19-7-10-3-2-4-11(16)5-10/h2-6,8H,7H2,1H3,(H,19,20,21). The van der Waals surface area contributed by atoms with E-state index in [1.165, 1.54) is 12.3 Å². The number of benzene rings is 1. The third-order valence-corrected chi connectivity index (χ3v) is 3.50. The number of halogens is 2. The first-order valence-electron chi connectivity index (χ1n) is 6.40. The van der Waals surface area contributed by atoms with Crippen LogP contribution in [0, 0.1) is 12.9 Å². The van der Waals surface area contributed by atoms with Crippen molar-refractivity contribution in [3.05, 3.63) is 58.3 Å². The first kappa shape index (κ1) is 13.9. The second-order valence-corrected chi connectivity index (χ2v) is 5.54. The predicted molar refractivity (Wildman–Crippen MR) is 83.5 cm³/mol. The van der Waals surface area contributed by atoms with Crippen molar-refractivity contribution < 1.29 is 4.39 Å². The molecule has 0 saturated carbocycles. The summed E-state index contributed by atoms with van der Waals surface area (Å²) in [5, 5.41) is 3.86. The lowest BCUT2D eigenvalue weighted by Gasteiger charge is -2.10. The van der Waals surface area contributed by atoms with Crippen molar-refractivity contribution in [3.8, 4) is 0 Å². The van der Waals surface area contributed by atoms with Gasteiger partial charge in [0.2, 0.25) is 5.95 Å². The van der Waals surface area contributed by atoms with E-state index < -0.39 is 5.95 Å². The molecule has 0 aliphatic rings. The summed E-state index contributed by atoms with van der Waals surface area (Å²) >= 11 is 3.44. The van der Waals surface area contributed by atoms with Gasteiger partial charge in [-0.05, 0) is 24.6 Å². The summed E-state index contributed by atoms with van der Waals surface area (Å²) in [5.74, 6) is 0.687. The molecule has 106 valence electrons. The van der Waals surface area contributed by atoms with Gasteiger partial charge in [0.05, 0.1) is 11.7 Å². The van der Waals surface area contributed by atoms with E-state index in [1.807, 2.05) is 24.3 Å². The van der Waals surface area contributed by atoms with Crippen molar-refractivity contribution in [1.82, 2.24) is 15.0 Å². The predicted octanol–water partition coefficient (Wildman–Crippen LogP) is 3.85. The molecule has 2 heterocycles. The summed E-state index contributed by atoms with van der Waals surface area (Å²) in [6.45, 7) is 2.39. The van der Waals surface area contributed by atoms with E-state index in [0.717, 1.165) is 10.0 Å². The fraction of sp³-hybridized carbons (Fsp3) is 0.133. The van der Waals surface area contributed by atoms with Gasteiger partial charge in [0.1, 0.15) is 11.6 Å². The molecule has 21 heavy (non-hydrogen) atoms. The Labute approximate surface area is 129 Å². The molecule has 0 atom stereocenters. The zero-order valence-corrected chi connectivity index (χ0v) is 12.9. The van der Waals surface area contributed by atoms with E-state index >= 15 is 0 Å². The van der Waals surface area contributed by atoms with E-state index in [4.69, 9.17) is 0 Å². The fourth-order valence-electron chi connectivity index (χ4n) is 2.09. The lowest BCUT2D eigenvalue weighted by Crippen LogP contribution is -2.04. The zero-order chi connectivity index (χ0) is 14.8. The highest BCUT2D eigenvalue weighted by atomic mass is 79.9. The van der Waals surface area contributed by atoms with Crippen LogP contribution >= 0.6 is 15.9 Å². The first-order valence-corrected chi connectivity index (χ1v) is 7.19. The van der Waals surface area contributed by atoms with Crippen LogP contribution in [0.1, 0.15) is 11.4 Å². The summed E-state index contributed by atoms with van der Waals surface area (Å²) in [6, 6.07) is 9.31. The average molecular weight is 347 g/mol. The van der Waals surface area contributed by atoms with Gasteiger partial charge in [-0.15, -0.1) is 0 Å². The second-order valence-electron chi connectivity index (χ2n) is 4.63. The van der Waals surface area contributed by atoms with Crippen LogP contribution in [0.2, 0.25) is 0 Å². The Morgan fingerprint density at radius 2 is 2.10 bits per heavy atom. The van der Waals surface area contributed by atoms with E-state index in [1.54, 1.807) is 6.92 Å². The highest BCUT2D eigenvalue weighted by molar-refractivity contribution is 9.10. The molecule has 0 bridgehead atoms. The number of nitrogens with zero attached hydrogens (tertiary/aromatic N) is 3. The van der Waals surface area contributed by atoms with Crippen LogP contribution in [0.4, 0.5) is 10.2 Å². The molecule has 4 nitrogen and oxygen atoms in total. The van der Waals surface area contributed by atoms with Gasteiger partial charge in [0.15, 0.2) is 0 Å². The third-order valence-electron chi connectivity index (χ3n) is 3.01. The van der Waals surface area contributed by atoms with Crippen molar-refractivity contribution >= 4 is 32.7 Å². The minimum Gasteiger partial charge on any atom is -0.365 e. The molecule has 1 N–H and O–H groups in total. The Kier molecular flexibility index (Phi) is 3.79. The van der Waals surface area contributed by atoms with Crippen molar-refractivity contribution in [2.45, 2.75) is 13.5 Å². The summed E-state index contributed by atoms with van der Waals surface area (Å²) in [7, 11) is 0. The van der Waals surface area contributed by atoms with Gasteiger partial charge < -0.3 is 5.32 Å². The normalized spacial score (nSPS) is 10.8. The topological polar surface area (TPSA) is 50.7 Å². The van der Waals surface area contributed by atoms with Gasteiger partial charge in [0.25, 0.3) is 0 Å². The zero-order valence-electron chi connectivity index (χ0n) is 11.3. The number of anilines is 1. The molecule has 0 fully saturated rings. The Morgan fingerprint density at radius 3 is 2.90 bits per heavy atom. The van der Waals surface area contributed by atoms with Gasteiger partial charge in [-0.3, -0.25) is 0 Å². The van der Waals surface area contributed by atoms with Crippen molar-refractivity contribution in [2.75, 3.05) is 5.32 Å². The summed E-state index contributed by atoms with van der Waals surface area (Å²) in [5.41, 5.74) is 1.73. The molecular formula is C15H12BrFN4. The maximum atomic E-state index is 13.3. The van der Waals surface area contributed by atoms with Crippen LogP contribution in [0.15, 0.2) is 41.0 Å². The number of pyridine rings is 1. The minimum atomic E-state index is -0.541. The molecule has 0 aliphatic heterocycles. The minimum absolute atomic E-state index is 0.541. The average Bonchev–Trinajstić information content (AvgIpc) is 2.45. The molecule has 0 radical (unpaired) electrons. The fourth-order valence-corrected chi connectivity index (χ4v) is 2.54. The molecular weight excluding hydrogens is 335 g/mol. The van der Waals surface area contributed by atoms with Crippen molar-refractivity contribution in [1.29, 1.82) is 0 Å². The Hall–Kier alpha value is -2.08. The maximum Gasteiger partial charge on any atom is 0.213 e. The third kappa shape index (κ3) is 3.16. The number of nitrogens with one attached hydrogen (secondary N) is 1. The molecule has 6 heteroatoms. The largest absolute Gasteiger partial charge is 0.365 e. The van der Waals surface area contributed by atoms with Crippen LogP contribution in [0.25, 0.3) is 10.9 Å². The molecule has 0 amide bonds. The molecule has 0 saturated heterocycles. The van der Waals surface area contributed by atoms with Crippen LogP contribution in [-0.2, 0) is 6.54 Å². The van der Waals surface area contributed by atoms with Gasteiger partial charge in [0, 0.05) is 22.5 Å². The lowest BCUT2D eigenvalue weighted by molar-refractivity contribution is 0.586. The highest BCUT2D eigenvalue weighted by Crippen LogP contribution is 2.21. The van der Waals surface area contributed by atoms with Gasteiger partial charge in [-0.2, -0.15) is 4.39 Å². The van der Waals surface area contributed by atoms with Gasteiger partial charge in [-0.25, -0.2) is 15.0 Å². The molecule has 1 aromatic carbocycles. The SMILES string of the molecule is Cc1nc(NCc2cccc(Br)c2)c2cc(F)ncc2n1. The number of hydrogen-bond acceptors (Lipinski definition) is 4. The number of rotatable bonds is 3. The molecule has 2 aromatic heterocycles. The van der Waals surface area contributed by atoms with Gasteiger partial charge >= 0.3 is 0 Å². The molecule has 3 rings (SSSR count). The van der Waals surface area contributed by atoms with E-state index in [0.29, 0.717) is 29.1 Å². The van der Waals surface area contributed by atoms with Crippen LogP contribution in [-0.4, -0.2) is 15.0 Å². The summed E-state index contributed by atoms with van der Waals surface area (Å²) in [4.78, 5) is 12.2. The Morgan fingerprint density at radius 1 is 1.24 bits per heavy atom. The first-order chi connectivity index (χ1) is 10.1. The van der Waals surface area contributed by atoms with Crippen LogP contribution in [0.3, 0.4) is 0 Å².